The highest BCUT2D eigenvalue weighted by molar-refractivity contribution is 5.91. The lowest BCUT2D eigenvalue weighted by atomic mass is 10.0. The Bertz CT molecular complexity index is 794. The number of hydrogen-bond donors (Lipinski definition) is 1. The van der Waals surface area contributed by atoms with Crippen molar-refractivity contribution in [2.75, 3.05) is 13.2 Å². The molecule has 0 unspecified atom stereocenters. The molecule has 0 aliphatic heterocycles. The lowest BCUT2D eigenvalue weighted by molar-refractivity contribution is -0.131. The van der Waals surface area contributed by atoms with E-state index in [1.807, 2.05) is 26.0 Å². The summed E-state index contributed by atoms with van der Waals surface area (Å²) >= 11 is 0. The van der Waals surface area contributed by atoms with E-state index in [-0.39, 0.29) is 18.5 Å². The Balaban J connectivity index is 1.93. The van der Waals surface area contributed by atoms with Crippen LogP contribution < -0.4 is 10.1 Å². The lowest BCUT2D eigenvalue weighted by Gasteiger charge is -2.09. The molecule has 0 aliphatic carbocycles. The van der Waals surface area contributed by atoms with Crippen LogP contribution in [-0.4, -0.2) is 31.0 Å². The predicted octanol–water partition coefficient (Wildman–Crippen LogP) is 3.21. The monoisotopic (exact) mass is 369 g/mol. The van der Waals surface area contributed by atoms with Crippen LogP contribution in [0.15, 0.2) is 48.5 Å². The van der Waals surface area contributed by atoms with E-state index < -0.39 is 5.97 Å². The average molecular weight is 369 g/mol. The highest BCUT2D eigenvalue weighted by atomic mass is 16.5. The first-order valence-electron chi connectivity index (χ1n) is 8.68. The molecule has 2 aromatic rings. The number of rotatable bonds is 7. The molecule has 0 aromatic heterocycles. The molecule has 0 atom stereocenters. The zero-order chi connectivity index (χ0) is 19.8. The van der Waals surface area contributed by atoms with Crippen molar-refractivity contribution in [2.24, 2.45) is 5.92 Å². The van der Waals surface area contributed by atoms with Gasteiger partial charge in [-0.05, 0) is 41.3 Å². The fraction of sp³-hybridized carbons (Fsp3) is 0.286. The molecular weight excluding hydrogens is 346 g/mol. The van der Waals surface area contributed by atoms with Gasteiger partial charge in [-0.3, -0.25) is 9.59 Å². The summed E-state index contributed by atoms with van der Waals surface area (Å²) < 4.78 is 10.0. The summed E-state index contributed by atoms with van der Waals surface area (Å²) in [5.41, 5.74) is 2.18. The Kier molecular flexibility index (Phi) is 7.11. The Hall–Kier alpha value is -3.15. The van der Waals surface area contributed by atoms with E-state index in [9.17, 15) is 14.4 Å². The quantitative estimate of drug-likeness (QED) is 0.599. The molecular formula is C21H23NO5. The second kappa shape index (κ2) is 9.52. The molecule has 0 aliphatic rings. The molecule has 6 nitrogen and oxygen atoms in total. The van der Waals surface area contributed by atoms with Gasteiger partial charge in [0.25, 0.3) is 5.91 Å². The van der Waals surface area contributed by atoms with E-state index >= 15 is 0 Å². The molecule has 0 fully saturated rings. The first-order valence-corrected chi connectivity index (χ1v) is 8.68. The van der Waals surface area contributed by atoms with Crippen LogP contribution in [0.1, 0.15) is 31.1 Å². The minimum atomic E-state index is -0.550. The fourth-order valence-electron chi connectivity index (χ4n) is 2.26. The first kappa shape index (κ1) is 20.2. The molecule has 0 saturated heterocycles. The molecule has 27 heavy (non-hydrogen) atoms. The van der Waals surface area contributed by atoms with Crippen molar-refractivity contribution in [1.29, 1.82) is 0 Å². The number of carbonyl (C=O) groups excluding carboxylic acids is 3. The Morgan fingerprint density at radius 2 is 1.48 bits per heavy atom. The molecule has 6 heteroatoms. The van der Waals surface area contributed by atoms with E-state index in [1.165, 1.54) is 6.92 Å². The van der Waals surface area contributed by atoms with Gasteiger partial charge >= 0.3 is 11.9 Å². The highest BCUT2D eigenvalue weighted by Crippen LogP contribution is 2.23. The summed E-state index contributed by atoms with van der Waals surface area (Å²) in [6, 6.07) is 13.9. The second-order valence-corrected chi connectivity index (χ2v) is 6.47. The van der Waals surface area contributed by atoms with Crippen LogP contribution in [0.5, 0.6) is 5.75 Å². The number of benzene rings is 2. The SMILES string of the molecule is CC(=O)Oc1ccc(-c2ccc(C(=O)OCC(=O)NCC(C)C)cc2)cc1. The molecule has 0 radical (unpaired) electrons. The molecule has 1 N–H and O–H groups in total. The standard InChI is InChI=1S/C21H23NO5/c1-14(2)12-22-20(24)13-26-21(25)18-6-4-16(5-7-18)17-8-10-19(11-9-17)27-15(3)23/h4-11,14H,12-13H2,1-3H3,(H,22,24). The minimum absolute atomic E-state index is 0.301. The largest absolute Gasteiger partial charge is 0.452 e. The average Bonchev–Trinajstić information content (AvgIpc) is 2.64. The minimum Gasteiger partial charge on any atom is -0.452 e. The summed E-state index contributed by atoms with van der Waals surface area (Å²) in [7, 11) is 0. The number of nitrogens with one attached hydrogen (secondary N) is 1. The number of amides is 1. The topological polar surface area (TPSA) is 81.7 Å². The van der Waals surface area contributed by atoms with E-state index in [0.29, 0.717) is 23.8 Å². The van der Waals surface area contributed by atoms with Gasteiger partial charge in [0, 0.05) is 13.5 Å². The van der Waals surface area contributed by atoms with Crippen LogP contribution in [0, 0.1) is 5.92 Å². The number of esters is 2. The summed E-state index contributed by atoms with van der Waals surface area (Å²) in [6.45, 7) is 5.56. The molecule has 0 spiro atoms. The summed E-state index contributed by atoms with van der Waals surface area (Å²) in [5, 5.41) is 2.69. The molecule has 2 aromatic carbocycles. The van der Waals surface area contributed by atoms with Gasteiger partial charge in [-0.15, -0.1) is 0 Å². The zero-order valence-corrected chi connectivity index (χ0v) is 15.7. The number of carbonyl (C=O) groups is 3. The third-order valence-corrected chi connectivity index (χ3v) is 3.61. The maximum atomic E-state index is 12.0. The van der Waals surface area contributed by atoms with Crippen molar-refractivity contribution in [3.63, 3.8) is 0 Å². The van der Waals surface area contributed by atoms with Crippen molar-refractivity contribution >= 4 is 17.8 Å². The van der Waals surface area contributed by atoms with Gasteiger partial charge in [-0.25, -0.2) is 4.79 Å². The van der Waals surface area contributed by atoms with Crippen molar-refractivity contribution in [3.05, 3.63) is 54.1 Å². The molecule has 142 valence electrons. The first-order chi connectivity index (χ1) is 12.8. The summed E-state index contributed by atoms with van der Waals surface area (Å²) in [4.78, 5) is 34.6. The maximum absolute atomic E-state index is 12.0. The van der Waals surface area contributed by atoms with Crippen LogP contribution in [0.2, 0.25) is 0 Å². The van der Waals surface area contributed by atoms with Crippen molar-refractivity contribution in [3.8, 4) is 16.9 Å². The molecule has 0 saturated carbocycles. The summed E-state index contributed by atoms with van der Waals surface area (Å²) in [5.74, 6) is -0.432. The Morgan fingerprint density at radius 1 is 0.926 bits per heavy atom. The van der Waals surface area contributed by atoms with E-state index in [0.717, 1.165) is 11.1 Å². The van der Waals surface area contributed by atoms with Crippen molar-refractivity contribution in [1.82, 2.24) is 5.32 Å². The van der Waals surface area contributed by atoms with Crippen molar-refractivity contribution in [2.45, 2.75) is 20.8 Å². The number of hydrogen-bond acceptors (Lipinski definition) is 5. The zero-order valence-electron chi connectivity index (χ0n) is 15.7. The fourth-order valence-corrected chi connectivity index (χ4v) is 2.26. The van der Waals surface area contributed by atoms with Crippen LogP contribution in [0.25, 0.3) is 11.1 Å². The van der Waals surface area contributed by atoms with Crippen LogP contribution in [-0.2, 0) is 14.3 Å². The number of ether oxygens (including phenoxy) is 2. The van der Waals surface area contributed by atoms with Crippen LogP contribution >= 0.6 is 0 Å². The highest BCUT2D eigenvalue weighted by Gasteiger charge is 2.11. The van der Waals surface area contributed by atoms with Crippen LogP contribution in [0.3, 0.4) is 0 Å². The van der Waals surface area contributed by atoms with E-state index in [1.54, 1.807) is 36.4 Å². The van der Waals surface area contributed by atoms with Gasteiger partial charge in [0.2, 0.25) is 0 Å². The van der Waals surface area contributed by atoms with Gasteiger partial charge in [0.05, 0.1) is 5.56 Å². The van der Waals surface area contributed by atoms with Crippen LogP contribution in [0.4, 0.5) is 0 Å². The molecule has 1 amide bonds. The Labute approximate surface area is 158 Å². The predicted molar refractivity (Wildman–Crippen MR) is 101 cm³/mol. The van der Waals surface area contributed by atoms with E-state index in [2.05, 4.69) is 5.32 Å². The smallest absolute Gasteiger partial charge is 0.338 e. The van der Waals surface area contributed by atoms with Gasteiger partial charge in [0.15, 0.2) is 6.61 Å². The molecule has 0 heterocycles. The van der Waals surface area contributed by atoms with Gasteiger partial charge in [0.1, 0.15) is 5.75 Å². The lowest BCUT2D eigenvalue weighted by Crippen LogP contribution is -2.31. The summed E-state index contributed by atoms with van der Waals surface area (Å²) in [6.07, 6.45) is 0. The second-order valence-electron chi connectivity index (χ2n) is 6.47. The molecule has 0 bridgehead atoms. The van der Waals surface area contributed by atoms with Gasteiger partial charge in [-0.1, -0.05) is 38.1 Å². The van der Waals surface area contributed by atoms with Crippen molar-refractivity contribution < 1.29 is 23.9 Å². The third kappa shape index (κ3) is 6.58. The molecule has 2 rings (SSSR count). The third-order valence-electron chi connectivity index (χ3n) is 3.61. The maximum Gasteiger partial charge on any atom is 0.338 e. The van der Waals surface area contributed by atoms with Gasteiger partial charge in [-0.2, -0.15) is 0 Å². The van der Waals surface area contributed by atoms with Gasteiger partial charge < -0.3 is 14.8 Å². The normalized spacial score (nSPS) is 10.4. The Morgan fingerprint density at radius 3 is 2.00 bits per heavy atom. The van der Waals surface area contributed by atoms with E-state index in [4.69, 9.17) is 9.47 Å².